The molecule has 0 atom stereocenters. The summed E-state index contributed by atoms with van der Waals surface area (Å²) in [7, 11) is 0.0613. The summed E-state index contributed by atoms with van der Waals surface area (Å²) < 4.78 is 8.96. The lowest BCUT2D eigenvalue weighted by molar-refractivity contribution is 0.414. The molecule has 0 amide bonds. The van der Waals surface area contributed by atoms with Gasteiger partial charge in [0, 0.05) is 4.47 Å². The smallest absolute Gasteiger partial charge is 0.120 e. The molecule has 0 aliphatic rings. The van der Waals surface area contributed by atoms with Gasteiger partial charge in [-0.1, -0.05) is 0 Å². The summed E-state index contributed by atoms with van der Waals surface area (Å²) in [5, 5.41) is 0. The first kappa shape index (κ1) is 16.1. The van der Waals surface area contributed by atoms with E-state index in [4.69, 9.17) is 4.74 Å². The lowest BCUT2D eigenvalue weighted by atomic mass is 10.3. The molecule has 0 N–H and O–H groups in total. The van der Waals surface area contributed by atoms with Gasteiger partial charge in [-0.3, -0.25) is 3.71 Å². The van der Waals surface area contributed by atoms with Crippen LogP contribution in [0.5, 0.6) is 5.75 Å². The number of rotatable bonds is 4. The Hall–Kier alpha value is -0.000000000000000222. The van der Waals surface area contributed by atoms with Gasteiger partial charge < -0.3 is 4.74 Å². The van der Waals surface area contributed by atoms with Gasteiger partial charge in [0.05, 0.1) is 12.8 Å². The molecular formula is C13H24BrNOS2. The van der Waals surface area contributed by atoms with Crippen molar-refractivity contribution in [3.63, 3.8) is 0 Å². The van der Waals surface area contributed by atoms with Crippen molar-refractivity contribution in [2.45, 2.75) is 0 Å². The number of hydrogen-bond donors (Lipinski definition) is 0. The Morgan fingerprint density at radius 3 is 1.83 bits per heavy atom. The van der Waals surface area contributed by atoms with Crippen LogP contribution >= 0.6 is 36.4 Å². The van der Waals surface area contributed by atoms with Crippen molar-refractivity contribution >= 4 is 42.0 Å². The van der Waals surface area contributed by atoms with E-state index in [0.717, 1.165) is 10.2 Å². The molecule has 0 aromatic heterocycles. The number of halogens is 1. The van der Waals surface area contributed by atoms with Crippen molar-refractivity contribution in [1.82, 2.24) is 0 Å². The monoisotopic (exact) mass is 353 g/mol. The van der Waals surface area contributed by atoms with Crippen LogP contribution in [-0.4, -0.2) is 44.6 Å². The van der Waals surface area contributed by atoms with Gasteiger partial charge in [0.2, 0.25) is 0 Å². The summed E-state index contributed by atoms with van der Waals surface area (Å²) in [6.07, 6.45) is 14.0. The lowest BCUT2D eigenvalue weighted by Crippen LogP contribution is -2.28. The van der Waals surface area contributed by atoms with Gasteiger partial charge >= 0.3 is 0 Å². The molecule has 18 heavy (non-hydrogen) atoms. The summed E-state index contributed by atoms with van der Waals surface area (Å²) >= 11 is 3.68. The Balaban J connectivity index is 3.31. The second kappa shape index (κ2) is 5.55. The van der Waals surface area contributed by atoms with Crippen molar-refractivity contribution in [2.75, 3.05) is 48.4 Å². The van der Waals surface area contributed by atoms with E-state index in [2.05, 4.69) is 63.2 Å². The first-order valence-corrected chi connectivity index (χ1v) is 12.0. The summed E-state index contributed by atoms with van der Waals surface area (Å²) in [4.78, 5) is 0. The molecule has 106 valence electrons. The molecule has 5 heteroatoms. The van der Waals surface area contributed by atoms with E-state index in [0.29, 0.717) is 0 Å². The zero-order chi connectivity index (χ0) is 14.1. The van der Waals surface area contributed by atoms with Gasteiger partial charge in [0.25, 0.3) is 0 Å². The number of hydrogen-bond acceptors (Lipinski definition) is 2. The van der Waals surface area contributed by atoms with E-state index in [1.165, 1.54) is 5.69 Å². The highest BCUT2D eigenvalue weighted by atomic mass is 79.9. The molecule has 0 aliphatic heterocycles. The average molecular weight is 354 g/mol. The second-order valence-electron chi connectivity index (χ2n) is 5.62. The standard InChI is InChI=1S/C13H24BrNOS2/c1-16-11-8-9-13(12(14)10-11)15(17(2,3)4)18(5,6)7/h8-10H,1-7H3. The fraction of sp³-hybridized carbons (Fsp3) is 0.538. The van der Waals surface area contributed by atoms with Crippen molar-refractivity contribution in [1.29, 1.82) is 0 Å². The minimum absolute atomic E-state index is 0.818. The van der Waals surface area contributed by atoms with Crippen molar-refractivity contribution in [3.8, 4) is 5.75 Å². The Labute approximate surface area is 123 Å². The second-order valence-corrected chi connectivity index (χ2v) is 14.5. The zero-order valence-electron chi connectivity index (χ0n) is 12.3. The third kappa shape index (κ3) is 3.75. The molecule has 0 heterocycles. The van der Waals surface area contributed by atoms with Gasteiger partial charge in [-0.25, -0.2) is 0 Å². The van der Waals surface area contributed by atoms with Gasteiger partial charge in [-0.2, -0.15) is 20.4 Å². The average Bonchev–Trinajstić information content (AvgIpc) is 2.16. The van der Waals surface area contributed by atoms with Gasteiger partial charge in [-0.15, -0.1) is 0 Å². The molecule has 1 aromatic carbocycles. The van der Waals surface area contributed by atoms with Gasteiger partial charge in [-0.05, 0) is 71.7 Å². The lowest BCUT2D eigenvalue weighted by Gasteiger charge is -2.53. The minimum Gasteiger partial charge on any atom is -0.497 e. The van der Waals surface area contributed by atoms with Crippen molar-refractivity contribution in [3.05, 3.63) is 22.7 Å². The molecule has 0 saturated carbocycles. The van der Waals surface area contributed by atoms with E-state index in [-0.39, 0.29) is 0 Å². The zero-order valence-corrected chi connectivity index (χ0v) is 15.5. The molecule has 0 bridgehead atoms. The van der Waals surface area contributed by atoms with Crippen LogP contribution in [0.15, 0.2) is 22.7 Å². The number of ether oxygens (including phenoxy) is 1. The largest absolute Gasteiger partial charge is 0.497 e. The molecular weight excluding hydrogens is 330 g/mol. The van der Waals surface area contributed by atoms with E-state index < -0.39 is 20.4 Å². The first-order chi connectivity index (χ1) is 8.07. The minimum atomic E-state index is -0.818. The van der Waals surface area contributed by atoms with E-state index in [9.17, 15) is 0 Å². The third-order valence-corrected chi connectivity index (χ3v) is 8.05. The predicted molar refractivity (Wildman–Crippen MR) is 93.9 cm³/mol. The summed E-state index contributed by atoms with van der Waals surface area (Å²) in [6.45, 7) is 0. The van der Waals surface area contributed by atoms with E-state index in [1.807, 2.05) is 12.1 Å². The van der Waals surface area contributed by atoms with Crippen LogP contribution in [0.25, 0.3) is 0 Å². The fourth-order valence-corrected chi connectivity index (χ4v) is 9.66. The highest BCUT2D eigenvalue weighted by Gasteiger charge is 2.27. The number of nitrogens with zero attached hydrogens (tertiary/aromatic N) is 1. The molecule has 1 rings (SSSR count). The van der Waals surface area contributed by atoms with Crippen LogP contribution in [0.2, 0.25) is 0 Å². The van der Waals surface area contributed by atoms with Crippen molar-refractivity contribution < 1.29 is 4.74 Å². The Morgan fingerprint density at radius 1 is 1.00 bits per heavy atom. The molecule has 0 saturated heterocycles. The van der Waals surface area contributed by atoms with Crippen LogP contribution in [0.1, 0.15) is 0 Å². The number of anilines is 1. The maximum absolute atomic E-state index is 5.27. The Kier molecular flexibility index (Phi) is 4.95. The molecule has 0 fully saturated rings. The highest BCUT2D eigenvalue weighted by Crippen LogP contribution is 2.60. The Bertz CT molecular complexity index is 410. The normalized spacial score (nSPS) is 14.2. The molecule has 0 radical (unpaired) electrons. The highest BCUT2D eigenvalue weighted by molar-refractivity contribution is 9.10. The van der Waals surface area contributed by atoms with Crippen LogP contribution in [0.4, 0.5) is 5.69 Å². The predicted octanol–water partition coefficient (Wildman–Crippen LogP) is 4.48. The van der Waals surface area contributed by atoms with Crippen LogP contribution in [0.3, 0.4) is 0 Å². The maximum atomic E-state index is 5.27. The molecule has 1 aromatic rings. The van der Waals surface area contributed by atoms with E-state index in [1.54, 1.807) is 7.11 Å². The maximum Gasteiger partial charge on any atom is 0.120 e. The van der Waals surface area contributed by atoms with Crippen LogP contribution < -0.4 is 8.45 Å². The third-order valence-electron chi connectivity index (χ3n) is 2.35. The van der Waals surface area contributed by atoms with Crippen LogP contribution in [0, 0.1) is 0 Å². The SMILES string of the molecule is COc1ccc(N(S(C)(C)C)S(C)(C)C)c(Br)c1. The molecule has 0 unspecified atom stereocenters. The summed E-state index contributed by atoms with van der Waals surface area (Å²) in [5.41, 5.74) is 1.26. The van der Waals surface area contributed by atoms with Crippen molar-refractivity contribution in [2.24, 2.45) is 0 Å². The summed E-state index contributed by atoms with van der Waals surface area (Å²) in [6, 6.07) is 6.22. The number of methoxy groups -OCH3 is 1. The summed E-state index contributed by atoms with van der Waals surface area (Å²) in [5.74, 6) is 0.887. The Morgan fingerprint density at radius 2 is 1.50 bits per heavy atom. The molecule has 0 aliphatic carbocycles. The molecule has 2 nitrogen and oxygen atoms in total. The van der Waals surface area contributed by atoms with E-state index >= 15 is 0 Å². The fourth-order valence-electron chi connectivity index (χ4n) is 2.02. The number of benzene rings is 1. The van der Waals surface area contributed by atoms with Crippen LogP contribution in [-0.2, 0) is 0 Å². The molecule has 0 spiro atoms. The quantitative estimate of drug-likeness (QED) is 0.790. The van der Waals surface area contributed by atoms with Gasteiger partial charge in [0.1, 0.15) is 5.75 Å². The first-order valence-electron chi connectivity index (χ1n) is 5.58. The van der Waals surface area contributed by atoms with Gasteiger partial charge in [0.15, 0.2) is 0 Å². The topological polar surface area (TPSA) is 12.5 Å².